The maximum atomic E-state index is 13.6. The van der Waals surface area contributed by atoms with Gasteiger partial charge in [0.25, 0.3) is 5.91 Å². The normalized spacial score (nSPS) is 10.9. The number of halogens is 1. The standard InChI is InChI=1S/C20H16FN5O2/c1-2-26-17-8-3-13(21)11-16(17)19(27)18(24-26)20(28)23-14-4-6-15(7-5-14)25-10-9-22-12-25/h3-12H,2H2,1H3,(H,23,28). The number of imidazole rings is 1. The topological polar surface area (TPSA) is 81.8 Å². The van der Waals surface area contributed by atoms with E-state index in [1.165, 1.54) is 16.8 Å². The van der Waals surface area contributed by atoms with Crippen LogP contribution in [0.5, 0.6) is 0 Å². The third kappa shape index (κ3) is 3.16. The maximum Gasteiger partial charge on any atom is 0.280 e. The molecule has 0 bridgehead atoms. The summed E-state index contributed by atoms with van der Waals surface area (Å²) in [6, 6.07) is 10.9. The molecule has 0 radical (unpaired) electrons. The number of aryl methyl sites for hydroxylation is 1. The second-order valence-corrected chi connectivity index (χ2v) is 6.13. The summed E-state index contributed by atoms with van der Waals surface area (Å²) in [4.78, 5) is 29.3. The van der Waals surface area contributed by atoms with Crippen molar-refractivity contribution in [1.29, 1.82) is 0 Å². The first-order valence-corrected chi connectivity index (χ1v) is 8.67. The second-order valence-electron chi connectivity index (χ2n) is 6.13. The van der Waals surface area contributed by atoms with Gasteiger partial charge in [0.1, 0.15) is 5.82 Å². The van der Waals surface area contributed by atoms with E-state index in [1.54, 1.807) is 30.9 Å². The molecule has 0 saturated heterocycles. The summed E-state index contributed by atoms with van der Waals surface area (Å²) < 4.78 is 16.9. The van der Waals surface area contributed by atoms with Crippen LogP contribution in [-0.4, -0.2) is 25.2 Å². The third-order valence-electron chi connectivity index (χ3n) is 4.36. The van der Waals surface area contributed by atoms with Crippen LogP contribution in [0.2, 0.25) is 0 Å². The van der Waals surface area contributed by atoms with E-state index < -0.39 is 17.2 Å². The van der Waals surface area contributed by atoms with Crippen molar-refractivity contribution < 1.29 is 9.18 Å². The largest absolute Gasteiger partial charge is 0.320 e. The minimum absolute atomic E-state index is 0.123. The lowest BCUT2D eigenvalue weighted by atomic mass is 10.2. The molecule has 1 N–H and O–H groups in total. The van der Waals surface area contributed by atoms with Gasteiger partial charge in [-0.15, -0.1) is 0 Å². The van der Waals surface area contributed by atoms with Crippen LogP contribution in [0.1, 0.15) is 17.4 Å². The molecular weight excluding hydrogens is 361 g/mol. The summed E-state index contributed by atoms with van der Waals surface area (Å²) in [6.07, 6.45) is 5.14. The van der Waals surface area contributed by atoms with E-state index in [0.717, 1.165) is 11.8 Å². The zero-order chi connectivity index (χ0) is 19.7. The van der Waals surface area contributed by atoms with Crippen molar-refractivity contribution in [3.63, 3.8) is 0 Å². The fraction of sp³-hybridized carbons (Fsp3) is 0.100. The molecular formula is C20H16FN5O2. The van der Waals surface area contributed by atoms with Crippen LogP contribution in [0, 0.1) is 5.82 Å². The van der Waals surface area contributed by atoms with Crippen molar-refractivity contribution in [3.8, 4) is 5.69 Å². The van der Waals surface area contributed by atoms with Gasteiger partial charge in [-0.1, -0.05) is 0 Å². The highest BCUT2D eigenvalue weighted by molar-refractivity contribution is 6.04. The number of benzene rings is 2. The molecule has 0 spiro atoms. The Morgan fingerprint density at radius 1 is 1.18 bits per heavy atom. The van der Waals surface area contributed by atoms with Crippen LogP contribution in [0.3, 0.4) is 0 Å². The summed E-state index contributed by atoms with van der Waals surface area (Å²) >= 11 is 0. The Hall–Kier alpha value is -3.81. The Labute approximate surface area is 159 Å². The number of carbonyl (C=O) groups excluding carboxylic acids is 1. The van der Waals surface area contributed by atoms with Crippen LogP contribution in [0.25, 0.3) is 16.6 Å². The number of nitrogens with zero attached hydrogens (tertiary/aromatic N) is 4. The van der Waals surface area contributed by atoms with Crippen LogP contribution >= 0.6 is 0 Å². The van der Waals surface area contributed by atoms with Crippen LogP contribution in [0.15, 0.2) is 66.0 Å². The van der Waals surface area contributed by atoms with E-state index in [2.05, 4.69) is 15.4 Å². The number of carbonyl (C=O) groups is 1. The Bertz CT molecular complexity index is 1210. The van der Waals surface area contributed by atoms with Gasteiger partial charge in [-0.3, -0.25) is 14.3 Å². The van der Waals surface area contributed by atoms with Gasteiger partial charge in [0, 0.05) is 30.3 Å². The molecule has 0 aliphatic heterocycles. The third-order valence-corrected chi connectivity index (χ3v) is 4.36. The molecule has 28 heavy (non-hydrogen) atoms. The predicted octanol–water partition coefficient (Wildman–Crippen LogP) is 2.99. The number of anilines is 1. The van der Waals surface area contributed by atoms with Gasteiger partial charge in [-0.05, 0) is 49.4 Å². The van der Waals surface area contributed by atoms with Gasteiger partial charge in [0.15, 0.2) is 5.69 Å². The lowest BCUT2D eigenvalue weighted by Gasteiger charge is -2.11. The first kappa shape index (κ1) is 17.6. The first-order valence-electron chi connectivity index (χ1n) is 8.67. The SMILES string of the molecule is CCn1nc(C(=O)Nc2ccc(-n3ccnc3)cc2)c(=O)c2cc(F)ccc21. The van der Waals surface area contributed by atoms with Crippen molar-refractivity contribution in [2.45, 2.75) is 13.5 Å². The molecule has 4 aromatic rings. The fourth-order valence-corrected chi connectivity index (χ4v) is 2.97. The number of nitrogens with one attached hydrogen (secondary N) is 1. The molecule has 0 unspecified atom stereocenters. The highest BCUT2D eigenvalue weighted by Gasteiger charge is 2.18. The van der Waals surface area contributed by atoms with E-state index in [0.29, 0.717) is 17.7 Å². The van der Waals surface area contributed by atoms with Gasteiger partial charge in [-0.2, -0.15) is 5.10 Å². The molecule has 0 aliphatic rings. The summed E-state index contributed by atoms with van der Waals surface area (Å²) in [5, 5.41) is 6.95. The van der Waals surface area contributed by atoms with E-state index in [1.807, 2.05) is 23.6 Å². The van der Waals surface area contributed by atoms with Crippen molar-refractivity contribution in [2.24, 2.45) is 0 Å². The number of hydrogen-bond acceptors (Lipinski definition) is 4. The van der Waals surface area contributed by atoms with E-state index in [4.69, 9.17) is 0 Å². The van der Waals surface area contributed by atoms with E-state index >= 15 is 0 Å². The second kappa shape index (κ2) is 7.07. The molecule has 0 saturated carbocycles. The lowest BCUT2D eigenvalue weighted by molar-refractivity contribution is 0.101. The van der Waals surface area contributed by atoms with Gasteiger partial charge < -0.3 is 9.88 Å². The van der Waals surface area contributed by atoms with Crippen molar-refractivity contribution in [3.05, 3.63) is 82.9 Å². The van der Waals surface area contributed by atoms with Crippen LogP contribution in [-0.2, 0) is 6.54 Å². The lowest BCUT2D eigenvalue weighted by Crippen LogP contribution is -2.27. The average molecular weight is 377 g/mol. The molecule has 0 aliphatic carbocycles. The predicted molar refractivity (Wildman–Crippen MR) is 103 cm³/mol. The highest BCUT2D eigenvalue weighted by atomic mass is 19.1. The Balaban J connectivity index is 1.67. The van der Waals surface area contributed by atoms with Gasteiger partial charge in [0.05, 0.1) is 17.2 Å². The monoisotopic (exact) mass is 377 g/mol. The van der Waals surface area contributed by atoms with Crippen molar-refractivity contribution in [1.82, 2.24) is 19.3 Å². The Kier molecular flexibility index (Phi) is 4.44. The molecule has 0 atom stereocenters. The highest BCUT2D eigenvalue weighted by Crippen LogP contribution is 2.15. The fourth-order valence-electron chi connectivity index (χ4n) is 2.97. The molecule has 0 fully saturated rings. The number of fused-ring (bicyclic) bond motifs is 1. The maximum absolute atomic E-state index is 13.6. The smallest absolute Gasteiger partial charge is 0.280 e. The molecule has 2 heterocycles. The van der Waals surface area contributed by atoms with Crippen LogP contribution < -0.4 is 10.7 Å². The van der Waals surface area contributed by atoms with E-state index in [-0.39, 0.29) is 11.1 Å². The van der Waals surface area contributed by atoms with Gasteiger partial charge >= 0.3 is 0 Å². The molecule has 4 rings (SSSR count). The van der Waals surface area contributed by atoms with Gasteiger partial charge in [-0.25, -0.2) is 9.37 Å². The summed E-state index contributed by atoms with van der Waals surface area (Å²) in [6.45, 7) is 2.26. The molecule has 2 aromatic heterocycles. The number of hydrogen-bond donors (Lipinski definition) is 1. The quantitative estimate of drug-likeness (QED) is 0.593. The molecule has 1 amide bonds. The van der Waals surface area contributed by atoms with Crippen molar-refractivity contribution in [2.75, 3.05) is 5.32 Å². The summed E-state index contributed by atoms with van der Waals surface area (Å²) in [5.41, 5.74) is 0.987. The zero-order valence-electron chi connectivity index (χ0n) is 15.0. The van der Waals surface area contributed by atoms with Crippen molar-refractivity contribution >= 4 is 22.5 Å². The minimum Gasteiger partial charge on any atom is -0.320 e. The molecule has 140 valence electrons. The van der Waals surface area contributed by atoms with E-state index in [9.17, 15) is 14.0 Å². The number of amides is 1. The molecule has 7 nitrogen and oxygen atoms in total. The summed E-state index contributed by atoms with van der Waals surface area (Å²) in [7, 11) is 0. The van der Waals surface area contributed by atoms with Gasteiger partial charge in [0.2, 0.25) is 5.43 Å². The molecule has 8 heteroatoms. The molecule has 2 aromatic carbocycles. The Morgan fingerprint density at radius 3 is 2.64 bits per heavy atom. The van der Waals surface area contributed by atoms with Crippen LogP contribution in [0.4, 0.5) is 10.1 Å². The summed E-state index contributed by atoms with van der Waals surface area (Å²) in [5.74, 6) is -1.19. The minimum atomic E-state index is -0.645. The number of rotatable bonds is 4. The first-order chi connectivity index (χ1) is 13.6. The Morgan fingerprint density at radius 2 is 1.96 bits per heavy atom. The number of aromatic nitrogens is 4. The average Bonchev–Trinajstić information content (AvgIpc) is 3.24. The zero-order valence-corrected chi connectivity index (χ0v) is 15.0.